The molecule has 0 saturated carbocycles. The van der Waals surface area contributed by atoms with Gasteiger partial charge in [0, 0.05) is 10.9 Å². The first-order valence-corrected chi connectivity index (χ1v) is 7.20. The van der Waals surface area contributed by atoms with Crippen LogP contribution in [0.25, 0.3) is 0 Å². The number of carbonyl (C=O) groups excluding carboxylic acids is 1. The minimum atomic E-state index is -1.07. The minimum Gasteiger partial charge on any atom is -0.492 e. The fraction of sp³-hybridized carbons (Fsp3) is 0.214. The van der Waals surface area contributed by atoms with Crippen LogP contribution in [-0.4, -0.2) is 28.6 Å². The number of hydrogen-bond acceptors (Lipinski definition) is 5. The number of para-hydroxylation sites is 1. The van der Waals surface area contributed by atoms with E-state index in [9.17, 15) is 9.59 Å². The number of rotatable bonds is 4. The number of carbonyl (C=O) groups is 2. The Hall–Kier alpha value is -2.41. The van der Waals surface area contributed by atoms with Gasteiger partial charge in [-0.3, -0.25) is 4.79 Å². The fourth-order valence-electron chi connectivity index (χ4n) is 2.16. The summed E-state index contributed by atoms with van der Waals surface area (Å²) in [7, 11) is 0. The van der Waals surface area contributed by atoms with Crippen LogP contribution in [0.15, 0.2) is 29.6 Å². The van der Waals surface area contributed by atoms with Crippen molar-refractivity contribution in [1.29, 1.82) is 0 Å². The number of aromatic carboxylic acids is 1. The number of nitrogens with zero attached hydrogens (tertiary/aromatic N) is 1. The van der Waals surface area contributed by atoms with E-state index in [0.717, 1.165) is 11.3 Å². The molecule has 0 saturated heterocycles. The van der Waals surface area contributed by atoms with Crippen LogP contribution in [0.2, 0.25) is 0 Å². The Morgan fingerprint density at radius 1 is 1.43 bits per heavy atom. The molecule has 1 aliphatic heterocycles. The highest BCUT2D eigenvalue weighted by Crippen LogP contribution is 2.33. The number of hydrogen-bond donors (Lipinski definition) is 2. The van der Waals surface area contributed by atoms with E-state index in [1.165, 1.54) is 16.7 Å². The lowest BCUT2D eigenvalue weighted by Gasteiger charge is -2.08. The number of thiazole rings is 1. The number of benzene rings is 1. The molecule has 1 aromatic carbocycles. The van der Waals surface area contributed by atoms with Gasteiger partial charge in [0.2, 0.25) is 5.91 Å². The zero-order chi connectivity index (χ0) is 14.8. The molecule has 0 radical (unpaired) electrons. The summed E-state index contributed by atoms with van der Waals surface area (Å²) in [4.78, 5) is 26.9. The second-order valence-electron chi connectivity index (χ2n) is 4.55. The van der Waals surface area contributed by atoms with Crippen LogP contribution < -0.4 is 10.1 Å². The van der Waals surface area contributed by atoms with E-state index in [1.807, 2.05) is 24.3 Å². The van der Waals surface area contributed by atoms with Gasteiger partial charge >= 0.3 is 5.97 Å². The lowest BCUT2D eigenvalue weighted by atomic mass is 10.0. The van der Waals surface area contributed by atoms with Crippen molar-refractivity contribution in [3.63, 3.8) is 0 Å². The van der Waals surface area contributed by atoms with Crippen molar-refractivity contribution >= 4 is 23.2 Å². The standard InChI is InChI=1S/C14H12N2O4S/c17-13(9-6-20-11-4-2-1-3-8(9)11)15-5-12-16-10(7-21-12)14(18)19/h1-4,7,9H,5-6H2,(H,15,17)(H,18,19)/t9-/m0/s1. The molecule has 0 spiro atoms. The van der Waals surface area contributed by atoms with Crippen molar-refractivity contribution in [3.05, 3.63) is 45.9 Å². The maximum absolute atomic E-state index is 12.2. The third kappa shape index (κ3) is 2.73. The van der Waals surface area contributed by atoms with Crippen LogP contribution in [0.3, 0.4) is 0 Å². The van der Waals surface area contributed by atoms with Gasteiger partial charge in [0.1, 0.15) is 23.3 Å². The van der Waals surface area contributed by atoms with Crippen molar-refractivity contribution in [2.24, 2.45) is 0 Å². The molecule has 3 rings (SSSR count). The van der Waals surface area contributed by atoms with Gasteiger partial charge in [-0.15, -0.1) is 11.3 Å². The van der Waals surface area contributed by atoms with Gasteiger partial charge in [-0.25, -0.2) is 9.78 Å². The summed E-state index contributed by atoms with van der Waals surface area (Å²) in [6.45, 7) is 0.541. The van der Waals surface area contributed by atoms with Crippen molar-refractivity contribution in [1.82, 2.24) is 10.3 Å². The SMILES string of the molecule is O=C(O)c1csc(CNC(=O)[C@H]2COc3ccccc32)n1. The van der Waals surface area contributed by atoms with Crippen molar-refractivity contribution in [2.75, 3.05) is 6.61 Å². The fourth-order valence-corrected chi connectivity index (χ4v) is 2.86. The predicted molar refractivity (Wildman–Crippen MR) is 75.6 cm³/mol. The number of carboxylic acids is 1. The molecule has 6 nitrogen and oxygen atoms in total. The summed E-state index contributed by atoms with van der Waals surface area (Å²) in [6.07, 6.45) is 0. The highest BCUT2D eigenvalue weighted by molar-refractivity contribution is 7.09. The Labute approximate surface area is 124 Å². The van der Waals surface area contributed by atoms with Crippen LogP contribution in [0, 0.1) is 0 Å². The van der Waals surface area contributed by atoms with Gasteiger partial charge in [0.25, 0.3) is 0 Å². The molecule has 21 heavy (non-hydrogen) atoms. The monoisotopic (exact) mass is 304 g/mol. The molecule has 2 N–H and O–H groups in total. The summed E-state index contributed by atoms with van der Waals surface area (Å²) in [5.41, 5.74) is 0.874. The van der Waals surface area contributed by atoms with E-state index in [0.29, 0.717) is 11.6 Å². The number of ether oxygens (including phenoxy) is 1. The van der Waals surface area contributed by atoms with Gasteiger partial charge in [-0.05, 0) is 6.07 Å². The quantitative estimate of drug-likeness (QED) is 0.896. The molecular weight excluding hydrogens is 292 g/mol. The normalized spacial score (nSPS) is 16.1. The maximum atomic E-state index is 12.2. The first-order valence-electron chi connectivity index (χ1n) is 6.32. The summed E-state index contributed by atoms with van der Waals surface area (Å²) >= 11 is 1.21. The van der Waals surface area contributed by atoms with Gasteiger partial charge < -0.3 is 15.2 Å². The third-order valence-corrected chi connectivity index (χ3v) is 4.05. The molecule has 0 fully saturated rings. The zero-order valence-corrected chi connectivity index (χ0v) is 11.7. The lowest BCUT2D eigenvalue weighted by molar-refractivity contribution is -0.122. The Bertz CT molecular complexity index is 698. The lowest BCUT2D eigenvalue weighted by Crippen LogP contribution is -2.29. The first-order chi connectivity index (χ1) is 10.1. The maximum Gasteiger partial charge on any atom is 0.355 e. The average Bonchev–Trinajstić information content (AvgIpc) is 3.11. The Morgan fingerprint density at radius 3 is 3.00 bits per heavy atom. The summed E-state index contributed by atoms with van der Waals surface area (Å²) in [5.74, 6) is -0.811. The van der Waals surface area contributed by atoms with Crippen LogP contribution in [0.5, 0.6) is 5.75 Å². The molecule has 1 atom stereocenters. The third-order valence-electron chi connectivity index (χ3n) is 3.20. The van der Waals surface area contributed by atoms with Gasteiger partial charge in [-0.1, -0.05) is 18.2 Å². The van der Waals surface area contributed by atoms with Crippen LogP contribution >= 0.6 is 11.3 Å². The van der Waals surface area contributed by atoms with Crippen LogP contribution in [0.4, 0.5) is 0 Å². The molecule has 7 heteroatoms. The van der Waals surface area contributed by atoms with E-state index < -0.39 is 5.97 Å². The highest BCUT2D eigenvalue weighted by atomic mass is 32.1. The second kappa shape index (κ2) is 5.53. The molecular formula is C14H12N2O4S. The van der Waals surface area contributed by atoms with Crippen molar-refractivity contribution in [3.8, 4) is 5.75 Å². The molecule has 1 amide bonds. The second-order valence-corrected chi connectivity index (χ2v) is 5.49. The van der Waals surface area contributed by atoms with Gasteiger partial charge in [0.05, 0.1) is 6.54 Å². The summed E-state index contributed by atoms with van der Waals surface area (Å²) in [5, 5.41) is 13.6. The Kier molecular flexibility index (Phi) is 3.57. The Morgan fingerprint density at radius 2 is 2.24 bits per heavy atom. The molecule has 2 aromatic rings. The first kappa shape index (κ1) is 13.6. The molecule has 2 heterocycles. The largest absolute Gasteiger partial charge is 0.492 e. The van der Waals surface area contributed by atoms with E-state index in [4.69, 9.17) is 9.84 Å². The Balaban J connectivity index is 1.63. The topological polar surface area (TPSA) is 88.5 Å². The highest BCUT2D eigenvalue weighted by Gasteiger charge is 2.29. The number of carboxylic acid groups (broad SMARTS) is 1. The molecule has 0 aliphatic carbocycles. The zero-order valence-electron chi connectivity index (χ0n) is 10.9. The summed E-state index contributed by atoms with van der Waals surface area (Å²) < 4.78 is 5.47. The molecule has 108 valence electrons. The van der Waals surface area contributed by atoms with Crippen LogP contribution in [0.1, 0.15) is 27.0 Å². The number of fused-ring (bicyclic) bond motifs is 1. The number of aromatic nitrogens is 1. The predicted octanol–water partition coefficient (Wildman–Crippen LogP) is 1.63. The van der Waals surface area contributed by atoms with E-state index in [1.54, 1.807) is 0 Å². The molecule has 0 unspecified atom stereocenters. The van der Waals surface area contributed by atoms with Gasteiger partial charge in [-0.2, -0.15) is 0 Å². The molecule has 1 aromatic heterocycles. The molecule has 1 aliphatic rings. The summed E-state index contributed by atoms with van der Waals surface area (Å²) in [6, 6.07) is 7.44. The van der Waals surface area contributed by atoms with Crippen LogP contribution in [-0.2, 0) is 11.3 Å². The van der Waals surface area contributed by atoms with Crippen molar-refractivity contribution < 1.29 is 19.4 Å². The molecule has 0 bridgehead atoms. The minimum absolute atomic E-state index is 0.00112. The smallest absolute Gasteiger partial charge is 0.355 e. The van der Waals surface area contributed by atoms with E-state index >= 15 is 0 Å². The average molecular weight is 304 g/mol. The number of nitrogens with one attached hydrogen (secondary N) is 1. The van der Waals surface area contributed by atoms with Crippen molar-refractivity contribution in [2.45, 2.75) is 12.5 Å². The number of amides is 1. The van der Waals surface area contributed by atoms with E-state index in [-0.39, 0.29) is 24.1 Å². The van der Waals surface area contributed by atoms with Gasteiger partial charge in [0.15, 0.2) is 5.69 Å². The van der Waals surface area contributed by atoms with E-state index in [2.05, 4.69) is 10.3 Å².